The molecule has 0 spiro atoms. The average Bonchev–Trinajstić information content (AvgIpc) is 2.77. The lowest BCUT2D eigenvalue weighted by atomic mass is 9.95. The van der Waals surface area contributed by atoms with E-state index in [1.165, 1.54) is 17.0 Å². The first kappa shape index (κ1) is 17.0. The Hall–Kier alpha value is -2.34. The van der Waals surface area contributed by atoms with Crippen molar-refractivity contribution in [1.29, 1.82) is 0 Å². The van der Waals surface area contributed by atoms with Gasteiger partial charge in [0.15, 0.2) is 11.5 Å². The zero-order valence-corrected chi connectivity index (χ0v) is 13.6. The number of carbonyl (C=O) groups is 2. The predicted molar refractivity (Wildman–Crippen MR) is 86.1 cm³/mol. The van der Waals surface area contributed by atoms with Crippen molar-refractivity contribution >= 4 is 11.7 Å². The summed E-state index contributed by atoms with van der Waals surface area (Å²) in [5, 5.41) is 19.6. The Morgan fingerprint density at radius 1 is 1.22 bits per heavy atom. The molecule has 6 nitrogen and oxygen atoms in total. The Bertz CT molecular complexity index is 634. The van der Waals surface area contributed by atoms with E-state index in [4.69, 9.17) is 0 Å². The normalized spacial score (nSPS) is 18.2. The van der Waals surface area contributed by atoms with Crippen LogP contribution in [0.5, 0.6) is 5.75 Å². The minimum atomic E-state index is -0.615. The molecule has 0 radical (unpaired) electrons. The summed E-state index contributed by atoms with van der Waals surface area (Å²) in [5.41, 5.74) is 0.831. The van der Waals surface area contributed by atoms with E-state index in [2.05, 4.69) is 0 Å². The van der Waals surface area contributed by atoms with Crippen LogP contribution in [0.4, 0.5) is 0 Å². The second-order valence-electron chi connectivity index (χ2n) is 5.83. The Balaban J connectivity index is 2.45. The molecule has 1 aliphatic rings. The van der Waals surface area contributed by atoms with Gasteiger partial charge in [-0.3, -0.25) is 9.59 Å². The number of Topliss-reactive ketones (excluding diaryl/α,β-unsaturated/α-hetero) is 1. The Morgan fingerprint density at radius 2 is 1.83 bits per heavy atom. The fourth-order valence-electron chi connectivity index (χ4n) is 2.67. The zero-order chi connectivity index (χ0) is 17.1. The minimum Gasteiger partial charge on any atom is -0.508 e. The summed E-state index contributed by atoms with van der Waals surface area (Å²) in [4.78, 5) is 28.1. The summed E-state index contributed by atoms with van der Waals surface area (Å²) in [6.45, 7) is 2.70. The molecular weight excluding hydrogens is 296 g/mol. The number of phenolic OH excluding ortho intramolecular Hbond substituents is 1. The molecule has 1 amide bonds. The van der Waals surface area contributed by atoms with Crippen molar-refractivity contribution in [2.75, 3.05) is 27.2 Å². The first-order valence-corrected chi connectivity index (χ1v) is 7.57. The molecular formula is C17H22N2O4. The van der Waals surface area contributed by atoms with Gasteiger partial charge in [-0.25, -0.2) is 0 Å². The quantitative estimate of drug-likeness (QED) is 0.833. The summed E-state index contributed by atoms with van der Waals surface area (Å²) >= 11 is 0. The highest BCUT2D eigenvalue weighted by Gasteiger charge is 2.42. The van der Waals surface area contributed by atoms with E-state index in [0.29, 0.717) is 18.7 Å². The molecule has 0 aromatic heterocycles. The Labute approximate surface area is 135 Å². The fraction of sp³-hybridized carbons (Fsp3) is 0.412. The molecule has 2 rings (SSSR count). The van der Waals surface area contributed by atoms with Crippen LogP contribution in [0.15, 0.2) is 35.6 Å². The molecule has 1 aromatic carbocycles. The van der Waals surface area contributed by atoms with Gasteiger partial charge < -0.3 is 20.0 Å². The van der Waals surface area contributed by atoms with E-state index in [0.717, 1.165) is 0 Å². The molecule has 0 bridgehead atoms. The van der Waals surface area contributed by atoms with Crippen molar-refractivity contribution in [2.24, 2.45) is 0 Å². The molecule has 6 heteroatoms. The van der Waals surface area contributed by atoms with Crippen molar-refractivity contribution in [3.63, 3.8) is 0 Å². The van der Waals surface area contributed by atoms with Crippen LogP contribution in [0.1, 0.15) is 24.9 Å². The maximum atomic E-state index is 12.4. The van der Waals surface area contributed by atoms with Crippen LogP contribution in [-0.4, -0.2) is 58.9 Å². The number of carbonyl (C=O) groups excluding carboxylic acids is 2. The van der Waals surface area contributed by atoms with E-state index in [-0.39, 0.29) is 23.5 Å². The molecule has 1 atom stereocenters. The second kappa shape index (κ2) is 6.83. The third-order valence-electron chi connectivity index (χ3n) is 3.92. The largest absolute Gasteiger partial charge is 0.508 e. The molecule has 124 valence electrons. The molecule has 0 saturated heterocycles. The molecule has 1 unspecified atom stereocenters. The van der Waals surface area contributed by atoms with Gasteiger partial charge in [-0.05, 0) is 31.8 Å². The Kier molecular flexibility index (Phi) is 5.05. The van der Waals surface area contributed by atoms with Crippen LogP contribution >= 0.6 is 0 Å². The number of phenols is 1. The van der Waals surface area contributed by atoms with Gasteiger partial charge in [-0.1, -0.05) is 19.1 Å². The van der Waals surface area contributed by atoms with Crippen LogP contribution in [0.2, 0.25) is 0 Å². The lowest BCUT2D eigenvalue weighted by molar-refractivity contribution is -0.129. The molecule has 1 aliphatic heterocycles. The maximum Gasteiger partial charge on any atom is 0.290 e. The van der Waals surface area contributed by atoms with E-state index in [1.54, 1.807) is 19.1 Å². The fourth-order valence-corrected chi connectivity index (χ4v) is 2.67. The van der Waals surface area contributed by atoms with Crippen LogP contribution < -0.4 is 0 Å². The molecule has 1 aromatic rings. The number of aliphatic hydroxyl groups is 1. The van der Waals surface area contributed by atoms with Gasteiger partial charge in [-0.2, -0.15) is 0 Å². The number of benzene rings is 1. The number of ketones is 1. The molecule has 2 N–H and O–H groups in total. The molecule has 23 heavy (non-hydrogen) atoms. The molecule has 0 fully saturated rings. The smallest absolute Gasteiger partial charge is 0.290 e. The standard InChI is InChI=1S/C17H22N2O4/c1-4-13(21)14-15(11-5-7-12(20)8-6-11)19(10-9-18(2)3)17(23)16(14)22/h5-8,15,20,22H,4,9-10H2,1-3H3. The van der Waals surface area contributed by atoms with Gasteiger partial charge in [0, 0.05) is 19.5 Å². The number of aliphatic hydroxyl groups excluding tert-OH is 1. The number of likely N-dealkylation sites (N-methyl/N-ethyl adjacent to an activating group) is 1. The SMILES string of the molecule is CCC(=O)C1=C(O)C(=O)N(CCN(C)C)C1c1ccc(O)cc1. The number of rotatable bonds is 6. The first-order valence-electron chi connectivity index (χ1n) is 7.57. The van der Waals surface area contributed by atoms with Crippen molar-refractivity contribution in [3.05, 3.63) is 41.2 Å². The van der Waals surface area contributed by atoms with E-state index in [9.17, 15) is 19.8 Å². The van der Waals surface area contributed by atoms with Gasteiger partial charge in [0.05, 0.1) is 11.6 Å². The van der Waals surface area contributed by atoms with E-state index < -0.39 is 17.7 Å². The minimum absolute atomic E-state index is 0.106. The lowest BCUT2D eigenvalue weighted by Gasteiger charge is -2.28. The molecule has 0 aliphatic carbocycles. The van der Waals surface area contributed by atoms with Gasteiger partial charge in [-0.15, -0.1) is 0 Å². The number of hydrogen-bond donors (Lipinski definition) is 2. The monoisotopic (exact) mass is 318 g/mol. The van der Waals surface area contributed by atoms with Crippen molar-refractivity contribution in [3.8, 4) is 5.75 Å². The molecule has 1 heterocycles. The summed E-state index contributed by atoms with van der Waals surface area (Å²) in [7, 11) is 3.78. The topological polar surface area (TPSA) is 81.1 Å². The van der Waals surface area contributed by atoms with Gasteiger partial charge in [0.1, 0.15) is 5.75 Å². The maximum absolute atomic E-state index is 12.4. The summed E-state index contributed by atoms with van der Waals surface area (Å²) in [6, 6.07) is 5.73. The summed E-state index contributed by atoms with van der Waals surface area (Å²) in [5.74, 6) is -1.13. The highest BCUT2D eigenvalue weighted by molar-refractivity contribution is 6.08. The number of nitrogens with zero attached hydrogens (tertiary/aromatic N) is 2. The first-order chi connectivity index (χ1) is 10.9. The average molecular weight is 318 g/mol. The third-order valence-corrected chi connectivity index (χ3v) is 3.92. The van der Waals surface area contributed by atoms with Gasteiger partial charge >= 0.3 is 0 Å². The number of hydrogen-bond acceptors (Lipinski definition) is 5. The van der Waals surface area contributed by atoms with Crippen LogP contribution in [0, 0.1) is 0 Å². The summed E-state index contributed by atoms with van der Waals surface area (Å²) in [6.07, 6.45) is 0.211. The van der Waals surface area contributed by atoms with Crippen LogP contribution in [0.25, 0.3) is 0 Å². The van der Waals surface area contributed by atoms with E-state index >= 15 is 0 Å². The highest BCUT2D eigenvalue weighted by Crippen LogP contribution is 2.38. The van der Waals surface area contributed by atoms with Crippen molar-refractivity contribution < 1.29 is 19.8 Å². The zero-order valence-electron chi connectivity index (χ0n) is 13.6. The lowest BCUT2D eigenvalue weighted by Crippen LogP contribution is -2.36. The van der Waals surface area contributed by atoms with Gasteiger partial charge in [0.2, 0.25) is 0 Å². The van der Waals surface area contributed by atoms with Crippen LogP contribution in [-0.2, 0) is 9.59 Å². The van der Waals surface area contributed by atoms with Crippen LogP contribution in [0.3, 0.4) is 0 Å². The number of amides is 1. The van der Waals surface area contributed by atoms with E-state index in [1.807, 2.05) is 19.0 Å². The van der Waals surface area contributed by atoms with Crippen molar-refractivity contribution in [2.45, 2.75) is 19.4 Å². The molecule has 0 saturated carbocycles. The highest BCUT2D eigenvalue weighted by atomic mass is 16.3. The Morgan fingerprint density at radius 3 is 2.35 bits per heavy atom. The summed E-state index contributed by atoms with van der Waals surface area (Å²) < 4.78 is 0. The third kappa shape index (κ3) is 3.37. The predicted octanol–water partition coefficient (Wildman–Crippen LogP) is 1.63. The number of aromatic hydroxyl groups is 1. The van der Waals surface area contributed by atoms with Crippen molar-refractivity contribution in [1.82, 2.24) is 9.80 Å². The second-order valence-corrected chi connectivity index (χ2v) is 5.83. The van der Waals surface area contributed by atoms with Gasteiger partial charge in [0.25, 0.3) is 5.91 Å².